The summed E-state index contributed by atoms with van der Waals surface area (Å²) in [6, 6.07) is 30.7. The van der Waals surface area contributed by atoms with Gasteiger partial charge in [0.1, 0.15) is 13.2 Å². The number of benzene rings is 4. The van der Waals surface area contributed by atoms with E-state index in [4.69, 9.17) is 23.4 Å². The number of ether oxygens (including phenoxy) is 4. The van der Waals surface area contributed by atoms with Crippen LogP contribution in [0.5, 0.6) is 23.0 Å². The molecule has 0 atom stereocenters. The second-order valence-electron chi connectivity index (χ2n) is 11.3. The summed E-state index contributed by atoms with van der Waals surface area (Å²) in [6.07, 6.45) is 0. The summed E-state index contributed by atoms with van der Waals surface area (Å²) >= 11 is 0. The predicted molar refractivity (Wildman–Crippen MR) is 176 cm³/mol. The van der Waals surface area contributed by atoms with Crippen molar-refractivity contribution in [2.75, 3.05) is 58.5 Å². The number of hydrogen-bond donors (Lipinski definition) is 0. The number of rotatable bonds is 9. The summed E-state index contributed by atoms with van der Waals surface area (Å²) in [5.74, 6) is 2.25. The van der Waals surface area contributed by atoms with Crippen LogP contribution in [0.1, 0.15) is 17.2 Å². The predicted octanol–water partition coefficient (Wildman–Crippen LogP) is 5.87. The maximum absolute atomic E-state index is 14.3. The highest BCUT2D eigenvalue weighted by Crippen LogP contribution is 2.40. The lowest BCUT2D eigenvalue weighted by Crippen LogP contribution is -2.48. The first-order valence-corrected chi connectivity index (χ1v) is 16.9. The highest BCUT2D eigenvalue weighted by molar-refractivity contribution is 7.91. The number of piperazine rings is 1. The number of fused-ring (bicyclic) bond motifs is 1. The van der Waals surface area contributed by atoms with E-state index in [0.717, 1.165) is 0 Å². The van der Waals surface area contributed by atoms with Gasteiger partial charge < -0.3 is 28.3 Å². The molecule has 0 amide bonds. The van der Waals surface area contributed by atoms with Crippen LogP contribution >= 0.6 is 0 Å². The Hall–Kier alpha value is -5.00. The molecule has 0 spiro atoms. The Labute approximate surface area is 274 Å². The van der Waals surface area contributed by atoms with Crippen LogP contribution in [-0.2, 0) is 9.84 Å². The van der Waals surface area contributed by atoms with Crippen LogP contribution < -0.4 is 23.8 Å². The molecular formula is C36H35N3O7S. The minimum Gasteiger partial charge on any atom is -0.493 e. The minimum absolute atomic E-state index is 0.0435. The SMILES string of the molecule is COc1ccc(-c2nc(S(=O)(=O)c3ccc4c(c3)OCCO4)c(N3CCN(C(c4ccccc4)c4ccccc4)CC3)o2)cc1OC. The molecule has 0 radical (unpaired) electrons. The molecule has 1 aromatic heterocycles. The number of hydrogen-bond acceptors (Lipinski definition) is 10. The lowest BCUT2D eigenvalue weighted by molar-refractivity contribution is 0.171. The molecule has 3 heterocycles. The molecule has 2 aliphatic heterocycles. The zero-order valence-electron chi connectivity index (χ0n) is 26.2. The van der Waals surface area contributed by atoms with Crippen molar-refractivity contribution in [2.24, 2.45) is 0 Å². The molecule has 242 valence electrons. The van der Waals surface area contributed by atoms with Gasteiger partial charge in [-0.1, -0.05) is 60.7 Å². The second kappa shape index (κ2) is 13.0. The van der Waals surface area contributed by atoms with Crippen molar-refractivity contribution in [2.45, 2.75) is 16.0 Å². The van der Waals surface area contributed by atoms with E-state index >= 15 is 0 Å². The first kappa shape index (κ1) is 30.6. The number of anilines is 1. The number of oxazole rings is 1. The van der Waals surface area contributed by atoms with Gasteiger partial charge in [0.25, 0.3) is 0 Å². The standard InChI is InChI=1S/C36H35N3O7S/c1-42-29-15-13-27(23-31(29)43-2)34-37-35(47(40,41)28-14-16-30-32(24-28)45-22-21-44-30)36(46-34)39-19-17-38(18-20-39)33(25-9-5-3-6-10-25)26-11-7-4-8-12-26/h3-16,23-24,33H,17-22H2,1-2H3. The summed E-state index contributed by atoms with van der Waals surface area (Å²) in [5.41, 5.74) is 2.95. The number of methoxy groups -OCH3 is 2. The topological polar surface area (TPSA) is 104 Å². The normalized spacial score (nSPS) is 15.1. The average Bonchev–Trinajstić information content (AvgIpc) is 3.59. The number of sulfone groups is 1. The third kappa shape index (κ3) is 5.99. The summed E-state index contributed by atoms with van der Waals surface area (Å²) in [6.45, 7) is 3.14. The van der Waals surface area contributed by atoms with Gasteiger partial charge in [-0.2, -0.15) is 4.98 Å². The molecule has 47 heavy (non-hydrogen) atoms. The fraction of sp³-hybridized carbons (Fsp3) is 0.250. The van der Waals surface area contributed by atoms with Crippen LogP contribution in [-0.4, -0.2) is 71.9 Å². The molecule has 7 rings (SSSR count). The molecule has 0 bridgehead atoms. The van der Waals surface area contributed by atoms with Gasteiger partial charge in [-0.15, -0.1) is 0 Å². The lowest BCUT2D eigenvalue weighted by atomic mass is 9.96. The van der Waals surface area contributed by atoms with Crippen LogP contribution in [0.15, 0.2) is 111 Å². The first-order valence-electron chi connectivity index (χ1n) is 15.4. The van der Waals surface area contributed by atoms with E-state index in [1.165, 1.54) is 30.4 Å². The van der Waals surface area contributed by atoms with Gasteiger partial charge in [0.2, 0.25) is 26.6 Å². The molecule has 1 fully saturated rings. The maximum atomic E-state index is 14.3. The Morgan fingerprint density at radius 2 is 1.36 bits per heavy atom. The monoisotopic (exact) mass is 653 g/mol. The zero-order valence-corrected chi connectivity index (χ0v) is 27.0. The highest BCUT2D eigenvalue weighted by Gasteiger charge is 2.35. The molecular weight excluding hydrogens is 618 g/mol. The smallest absolute Gasteiger partial charge is 0.236 e. The molecule has 5 aromatic rings. The van der Waals surface area contributed by atoms with Gasteiger partial charge in [0.05, 0.1) is 25.2 Å². The van der Waals surface area contributed by atoms with E-state index in [0.29, 0.717) is 68.0 Å². The van der Waals surface area contributed by atoms with Crippen molar-refractivity contribution in [3.05, 3.63) is 108 Å². The van der Waals surface area contributed by atoms with Crippen molar-refractivity contribution in [1.29, 1.82) is 0 Å². The van der Waals surface area contributed by atoms with Crippen molar-refractivity contribution < 1.29 is 31.8 Å². The molecule has 11 heteroatoms. The molecule has 10 nitrogen and oxygen atoms in total. The lowest BCUT2D eigenvalue weighted by Gasteiger charge is -2.39. The second-order valence-corrected chi connectivity index (χ2v) is 13.1. The van der Waals surface area contributed by atoms with Crippen molar-refractivity contribution >= 4 is 15.7 Å². The molecule has 0 N–H and O–H groups in total. The van der Waals surface area contributed by atoms with Gasteiger partial charge in [0.15, 0.2) is 23.0 Å². The molecule has 0 saturated carbocycles. The summed E-state index contributed by atoms with van der Waals surface area (Å²) in [4.78, 5) is 9.04. The van der Waals surface area contributed by atoms with Gasteiger partial charge in [-0.05, 0) is 41.5 Å². The Kier molecular flexibility index (Phi) is 8.48. The van der Waals surface area contributed by atoms with Crippen molar-refractivity contribution in [1.82, 2.24) is 9.88 Å². The van der Waals surface area contributed by atoms with Crippen LogP contribution in [0.3, 0.4) is 0 Å². The van der Waals surface area contributed by atoms with E-state index in [9.17, 15) is 8.42 Å². The van der Waals surface area contributed by atoms with Crippen molar-refractivity contribution in [3.63, 3.8) is 0 Å². The zero-order chi connectivity index (χ0) is 32.4. The molecule has 0 unspecified atom stereocenters. The van der Waals surface area contributed by atoms with E-state index in [-0.39, 0.29) is 27.7 Å². The summed E-state index contributed by atoms with van der Waals surface area (Å²) in [5, 5.41) is -0.157. The van der Waals surface area contributed by atoms with E-state index in [2.05, 4.69) is 58.4 Å². The van der Waals surface area contributed by atoms with Crippen LogP contribution in [0.25, 0.3) is 11.5 Å². The number of nitrogens with zero attached hydrogens (tertiary/aromatic N) is 3. The maximum Gasteiger partial charge on any atom is 0.236 e. The van der Waals surface area contributed by atoms with Gasteiger partial charge >= 0.3 is 0 Å². The Balaban J connectivity index is 1.25. The van der Waals surface area contributed by atoms with Crippen molar-refractivity contribution in [3.8, 4) is 34.5 Å². The Morgan fingerprint density at radius 3 is 2.00 bits per heavy atom. The summed E-state index contributed by atoms with van der Waals surface area (Å²) in [7, 11) is -1.04. The van der Waals surface area contributed by atoms with E-state index in [1.54, 1.807) is 31.4 Å². The van der Waals surface area contributed by atoms with E-state index in [1.807, 2.05) is 17.0 Å². The average molecular weight is 654 g/mol. The highest BCUT2D eigenvalue weighted by atomic mass is 32.2. The quantitative estimate of drug-likeness (QED) is 0.192. The number of aromatic nitrogens is 1. The van der Waals surface area contributed by atoms with Gasteiger partial charge in [-0.3, -0.25) is 4.90 Å². The summed E-state index contributed by atoms with van der Waals surface area (Å²) < 4.78 is 57.2. The van der Waals surface area contributed by atoms with Crippen LogP contribution in [0, 0.1) is 0 Å². The first-order chi connectivity index (χ1) is 23.0. The third-order valence-electron chi connectivity index (χ3n) is 8.49. The van der Waals surface area contributed by atoms with Crippen LogP contribution in [0.2, 0.25) is 0 Å². The fourth-order valence-electron chi connectivity index (χ4n) is 6.14. The third-order valence-corrected chi connectivity index (χ3v) is 10.1. The largest absolute Gasteiger partial charge is 0.493 e. The Bertz CT molecular complexity index is 1920. The molecule has 0 aliphatic carbocycles. The van der Waals surface area contributed by atoms with Crippen LogP contribution in [0.4, 0.5) is 5.88 Å². The minimum atomic E-state index is -4.14. The van der Waals surface area contributed by atoms with E-state index < -0.39 is 9.84 Å². The van der Waals surface area contributed by atoms with Gasteiger partial charge in [0, 0.05) is 37.8 Å². The fourth-order valence-corrected chi connectivity index (χ4v) is 7.47. The molecule has 4 aromatic carbocycles. The van der Waals surface area contributed by atoms with Gasteiger partial charge in [-0.25, -0.2) is 8.42 Å². The molecule has 1 saturated heterocycles. The Morgan fingerprint density at radius 1 is 0.723 bits per heavy atom. The molecule has 2 aliphatic rings.